The van der Waals surface area contributed by atoms with E-state index < -0.39 is 16.6 Å². The van der Waals surface area contributed by atoms with Gasteiger partial charge < -0.3 is 8.85 Å². The van der Waals surface area contributed by atoms with Gasteiger partial charge in [0.15, 0.2) is 0 Å². The summed E-state index contributed by atoms with van der Waals surface area (Å²) >= 11 is 0. The summed E-state index contributed by atoms with van der Waals surface area (Å²) in [7, 11) is -4.16. The van der Waals surface area contributed by atoms with Crippen LogP contribution in [-0.4, -0.2) is 16.6 Å². The van der Waals surface area contributed by atoms with Crippen molar-refractivity contribution in [3.05, 3.63) is 120 Å². The molecule has 42 heavy (non-hydrogen) atoms. The van der Waals surface area contributed by atoms with Gasteiger partial charge in [-0.05, 0) is 70.4 Å². The summed E-state index contributed by atoms with van der Waals surface area (Å²) in [6.07, 6.45) is 28.9. The van der Waals surface area contributed by atoms with Crippen LogP contribution in [0.5, 0.6) is 0 Å². The van der Waals surface area contributed by atoms with Gasteiger partial charge in [0.1, 0.15) is 5.76 Å². The number of hydrogen-bond acceptors (Lipinski definition) is 2. The van der Waals surface area contributed by atoms with Crippen molar-refractivity contribution in [1.29, 1.82) is 0 Å². The normalized spacial score (nSPS) is 21.5. The SMILES string of the molecule is C=CC[Si](OC1=CC(CCC2=CC(O[Si](CC=C)(C(C)C)C(C)C)=C3C=CC=CC23)=C2C=CC=CC12)(C(C)C)C(C)C. The summed E-state index contributed by atoms with van der Waals surface area (Å²) in [5.74, 6) is 2.78. The highest BCUT2D eigenvalue weighted by Gasteiger charge is 2.46. The Bertz CT molecular complexity index is 1280. The molecule has 226 valence electrons. The molecule has 0 N–H and O–H groups in total. The van der Waals surface area contributed by atoms with Gasteiger partial charge in [0.05, 0.1) is 11.7 Å². The molecule has 0 aromatic carbocycles. The fourth-order valence-corrected chi connectivity index (χ4v) is 15.3. The summed E-state index contributed by atoms with van der Waals surface area (Å²) < 4.78 is 14.4. The lowest BCUT2D eigenvalue weighted by atomic mass is 9.88. The van der Waals surface area contributed by atoms with Crippen LogP contribution < -0.4 is 0 Å². The minimum Gasteiger partial charge on any atom is -0.545 e. The summed E-state index contributed by atoms with van der Waals surface area (Å²) in [5.41, 5.74) is 7.64. The minimum atomic E-state index is -2.08. The van der Waals surface area contributed by atoms with E-state index in [1.54, 1.807) is 0 Å². The Kier molecular flexibility index (Phi) is 10.3. The largest absolute Gasteiger partial charge is 0.545 e. The summed E-state index contributed by atoms with van der Waals surface area (Å²) in [6, 6.07) is 1.95. The van der Waals surface area contributed by atoms with Crippen molar-refractivity contribution >= 4 is 16.6 Å². The van der Waals surface area contributed by atoms with Crippen LogP contribution in [0.3, 0.4) is 0 Å². The zero-order valence-corrected chi connectivity index (χ0v) is 29.5. The molecule has 0 heterocycles. The van der Waals surface area contributed by atoms with Crippen molar-refractivity contribution < 1.29 is 8.85 Å². The first-order valence-electron chi connectivity index (χ1n) is 16.2. The standard InChI is InChI=1S/C38H54O2Si2/c1-11-23-41(27(3)4,28(5)6)39-37-25-31(33-17-13-15-19-35(33)37)21-22-32-26-38(36-20-16-14-18-34(32)36)40-42(24-12-2,29(7)8)30(9)10/h11-20,25-30,33,36H,1-2,21-24H2,3-10H3. The highest BCUT2D eigenvalue weighted by molar-refractivity contribution is 6.77. The molecule has 0 spiro atoms. The van der Waals surface area contributed by atoms with Crippen LogP contribution in [0.2, 0.25) is 34.3 Å². The smallest absolute Gasteiger partial charge is 0.259 e. The van der Waals surface area contributed by atoms with Crippen LogP contribution in [0, 0.1) is 11.8 Å². The number of fused-ring (bicyclic) bond motifs is 2. The first kappa shape index (κ1) is 32.3. The quantitative estimate of drug-likeness (QED) is 0.138. The zero-order valence-electron chi connectivity index (χ0n) is 27.5. The van der Waals surface area contributed by atoms with E-state index in [4.69, 9.17) is 8.85 Å². The van der Waals surface area contributed by atoms with Crippen LogP contribution in [0.15, 0.2) is 120 Å². The van der Waals surface area contributed by atoms with E-state index >= 15 is 0 Å². The van der Waals surface area contributed by atoms with Gasteiger partial charge in [0.25, 0.3) is 16.6 Å². The van der Waals surface area contributed by atoms with E-state index in [1.165, 1.54) is 22.3 Å². The average molecular weight is 599 g/mol. The van der Waals surface area contributed by atoms with Gasteiger partial charge >= 0.3 is 0 Å². The average Bonchev–Trinajstić information content (AvgIpc) is 3.48. The predicted octanol–water partition coefficient (Wildman–Crippen LogP) is 11.6. The van der Waals surface area contributed by atoms with Crippen molar-refractivity contribution in [2.45, 2.75) is 102 Å². The zero-order chi connectivity index (χ0) is 30.7. The van der Waals surface area contributed by atoms with Gasteiger partial charge in [-0.2, -0.15) is 0 Å². The molecule has 0 saturated carbocycles. The second kappa shape index (κ2) is 13.4. The molecule has 4 aliphatic carbocycles. The van der Waals surface area contributed by atoms with Crippen molar-refractivity contribution in [2.75, 3.05) is 0 Å². The molecule has 4 heteroatoms. The third kappa shape index (κ3) is 6.08. The first-order chi connectivity index (χ1) is 20.0. The molecule has 0 aromatic heterocycles. The van der Waals surface area contributed by atoms with E-state index in [0.717, 1.165) is 36.4 Å². The molecule has 0 aromatic rings. The molecular weight excluding hydrogens is 545 g/mol. The lowest BCUT2D eigenvalue weighted by molar-refractivity contribution is 0.358. The Morgan fingerprint density at radius 1 is 0.667 bits per heavy atom. The maximum Gasteiger partial charge on any atom is 0.259 e. The number of hydrogen-bond donors (Lipinski definition) is 0. The van der Waals surface area contributed by atoms with E-state index in [1.807, 2.05) is 0 Å². The van der Waals surface area contributed by atoms with Gasteiger partial charge in [-0.15, -0.1) is 13.2 Å². The third-order valence-corrected chi connectivity index (χ3v) is 21.1. The molecule has 2 unspecified atom stereocenters. The van der Waals surface area contributed by atoms with E-state index in [9.17, 15) is 0 Å². The second-order valence-electron chi connectivity index (χ2n) is 13.7. The Morgan fingerprint density at radius 2 is 1.19 bits per heavy atom. The van der Waals surface area contributed by atoms with Crippen LogP contribution in [0.4, 0.5) is 0 Å². The summed E-state index contributed by atoms with van der Waals surface area (Å²) in [4.78, 5) is 0. The monoisotopic (exact) mass is 598 g/mol. The predicted molar refractivity (Wildman–Crippen MR) is 187 cm³/mol. The van der Waals surface area contributed by atoms with Gasteiger partial charge in [0, 0.05) is 11.5 Å². The molecule has 0 aliphatic heterocycles. The maximum absolute atomic E-state index is 7.19. The topological polar surface area (TPSA) is 18.5 Å². The highest BCUT2D eigenvalue weighted by Crippen LogP contribution is 2.48. The fraction of sp³-hybridized carbons (Fsp3) is 0.474. The van der Waals surface area contributed by atoms with Gasteiger partial charge in [-0.25, -0.2) is 0 Å². The first-order valence-corrected chi connectivity index (χ1v) is 20.7. The molecule has 0 amide bonds. The van der Waals surface area contributed by atoms with Crippen LogP contribution in [-0.2, 0) is 8.85 Å². The van der Waals surface area contributed by atoms with Crippen molar-refractivity contribution in [3.8, 4) is 0 Å². The maximum atomic E-state index is 7.19. The van der Waals surface area contributed by atoms with Crippen molar-refractivity contribution in [2.24, 2.45) is 11.8 Å². The Morgan fingerprint density at radius 3 is 1.74 bits per heavy atom. The second-order valence-corrected chi connectivity index (χ2v) is 23.4. The minimum absolute atomic E-state index is 0.226. The summed E-state index contributed by atoms with van der Waals surface area (Å²) in [6.45, 7) is 26.9. The summed E-state index contributed by atoms with van der Waals surface area (Å²) in [5, 5.41) is 0. The molecule has 4 rings (SSSR count). The Balaban J connectivity index is 1.61. The highest BCUT2D eigenvalue weighted by atomic mass is 28.4. The molecule has 0 saturated heterocycles. The lowest BCUT2D eigenvalue weighted by Crippen LogP contribution is -2.44. The fourth-order valence-electron chi connectivity index (χ4n) is 7.49. The van der Waals surface area contributed by atoms with Gasteiger partial charge in [0.2, 0.25) is 0 Å². The van der Waals surface area contributed by atoms with Crippen molar-refractivity contribution in [1.82, 2.24) is 0 Å². The van der Waals surface area contributed by atoms with Crippen LogP contribution in [0.1, 0.15) is 68.2 Å². The van der Waals surface area contributed by atoms with Crippen LogP contribution in [0.25, 0.3) is 0 Å². The molecule has 0 fully saturated rings. The molecule has 0 radical (unpaired) electrons. The Hall–Kier alpha value is -2.57. The van der Waals surface area contributed by atoms with Crippen molar-refractivity contribution in [3.63, 3.8) is 0 Å². The van der Waals surface area contributed by atoms with Gasteiger partial charge in [-0.1, -0.05) is 122 Å². The molecule has 4 aliphatic rings. The number of rotatable bonds is 15. The number of allylic oxidation sites excluding steroid dienone is 15. The molecule has 2 nitrogen and oxygen atoms in total. The van der Waals surface area contributed by atoms with E-state index in [2.05, 4.69) is 141 Å². The Labute approximate surface area is 259 Å². The third-order valence-electron chi connectivity index (χ3n) is 10.2. The molecule has 0 bridgehead atoms. The molecular formula is C38H54O2Si2. The van der Waals surface area contributed by atoms with Crippen LogP contribution >= 0.6 is 0 Å². The lowest BCUT2D eigenvalue weighted by Gasteiger charge is -2.40. The molecule has 2 atom stereocenters. The van der Waals surface area contributed by atoms with E-state index in [-0.39, 0.29) is 5.92 Å². The van der Waals surface area contributed by atoms with Gasteiger partial charge in [-0.3, -0.25) is 0 Å². The van der Waals surface area contributed by atoms with E-state index in [0.29, 0.717) is 28.1 Å².